The Morgan fingerprint density at radius 1 is 0.833 bits per heavy atom. The third kappa shape index (κ3) is 7.37. The molecule has 0 radical (unpaired) electrons. The summed E-state index contributed by atoms with van der Waals surface area (Å²) in [4.78, 5) is 40.6. The lowest BCUT2D eigenvalue weighted by Crippen LogP contribution is -2.30. The number of carbonyl (C=O) groups is 3. The zero-order valence-corrected chi connectivity index (χ0v) is 23.8. The van der Waals surface area contributed by atoms with E-state index in [0.717, 1.165) is 56.9 Å². The van der Waals surface area contributed by atoms with Crippen LogP contribution in [0.15, 0.2) is 12.1 Å². The fourth-order valence-corrected chi connectivity index (χ4v) is 5.42. The standard InChI is InChI=1S/C32H48O4/c1-8-11-26(33)28-25(29(34)21-12-9-13-21)17-16-23(27(28)30(35)22-14-10-15-22)20-36-24(18-31(2,3)4)19-32(5,6)7/h16-17,21-22,24H,8-15,18-20H2,1-7H3. The number of benzene rings is 1. The van der Waals surface area contributed by atoms with Crippen molar-refractivity contribution in [3.05, 3.63) is 34.4 Å². The molecule has 0 saturated heterocycles. The number of carbonyl (C=O) groups excluding carboxylic acids is 3. The molecule has 1 aromatic carbocycles. The van der Waals surface area contributed by atoms with Crippen LogP contribution in [0, 0.1) is 22.7 Å². The summed E-state index contributed by atoms with van der Waals surface area (Å²) in [5.74, 6) is -0.0774. The summed E-state index contributed by atoms with van der Waals surface area (Å²) in [5, 5.41) is 0. The van der Waals surface area contributed by atoms with Gasteiger partial charge in [-0.2, -0.15) is 0 Å². The van der Waals surface area contributed by atoms with Gasteiger partial charge in [-0.25, -0.2) is 0 Å². The van der Waals surface area contributed by atoms with Crippen LogP contribution < -0.4 is 0 Å². The van der Waals surface area contributed by atoms with Crippen LogP contribution in [0.3, 0.4) is 0 Å². The molecule has 3 rings (SSSR count). The van der Waals surface area contributed by atoms with Gasteiger partial charge in [-0.3, -0.25) is 14.4 Å². The Hall–Kier alpha value is -1.81. The van der Waals surface area contributed by atoms with Crippen molar-refractivity contribution in [2.45, 2.75) is 125 Å². The van der Waals surface area contributed by atoms with Crippen molar-refractivity contribution in [3.63, 3.8) is 0 Å². The van der Waals surface area contributed by atoms with Gasteiger partial charge in [-0.15, -0.1) is 0 Å². The van der Waals surface area contributed by atoms with Crippen LogP contribution in [0.2, 0.25) is 0 Å². The van der Waals surface area contributed by atoms with Gasteiger partial charge in [0.15, 0.2) is 17.3 Å². The van der Waals surface area contributed by atoms with Crippen LogP contribution in [0.1, 0.15) is 149 Å². The van der Waals surface area contributed by atoms with E-state index in [2.05, 4.69) is 41.5 Å². The van der Waals surface area contributed by atoms with Crippen molar-refractivity contribution in [2.24, 2.45) is 22.7 Å². The highest BCUT2D eigenvalue weighted by Crippen LogP contribution is 2.37. The van der Waals surface area contributed by atoms with Gasteiger partial charge in [0, 0.05) is 34.9 Å². The Labute approximate surface area is 219 Å². The molecule has 0 heterocycles. The topological polar surface area (TPSA) is 60.4 Å². The summed E-state index contributed by atoms with van der Waals surface area (Å²) in [7, 11) is 0. The van der Waals surface area contributed by atoms with Crippen LogP contribution in [0.4, 0.5) is 0 Å². The Bertz CT molecular complexity index is 936. The molecule has 0 bridgehead atoms. The van der Waals surface area contributed by atoms with Gasteiger partial charge in [0.1, 0.15) is 0 Å². The van der Waals surface area contributed by atoms with Crippen LogP contribution in [0.5, 0.6) is 0 Å². The average Bonchev–Trinajstić information content (AvgIpc) is 2.66. The minimum atomic E-state index is -0.0781. The lowest BCUT2D eigenvalue weighted by atomic mass is 9.74. The zero-order chi connectivity index (χ0) is 26.7. The minimum Gasteiger partial charge on any atom is -0.373 e. The van der Waals surface area contributed by atoms with Gasteiger partial charge in [-0.1, -0.05) is 73.4 Å². The first-order valence-electron chi connectivity index (χ1n) is 14.2. The van der Waals surface area contributed by atoms with E-state index in [4.69, 9.17) is 4.74 Å². The molecule has 0 N–H and O–H groups in total. The molecule has 2 aliphatic rings. The van der Waals surface area contributed by atoms with E-state index in [-0.39, 0.29) is 52.7 Å². The van der Waals surface area contributed by atoms with Crippen molar-refractivity contribution < 1.29 is 19.1 Å². The molecule has 0 amide bonds. The second-order valence-corrected chi connectivity index (χ2v) is 13.6. The maximum absolute atomic E-state index is 13.8. The van der Waals surface area contributed by atoms with E-state index >= 15 is 0 Å². The quantitative estimate of drug-likeness (QED) is 0.273. The number of Topliss-reactive ketones (excluding diaryl/α,β-unsaturated/α-hetero) is 3. The summed E-state index contributed by atoms with van der Waals surface area (Å²) in [6, 6.07) is 3.70. The van der Waals surface area contributed by atoms with Crippen LogP contribution >= 0.6 is 0 Å². The Morgan fingerprint density at radius 2 is 1.36 bits per heavy atom. The molecular weight excluding hydrogens is 448 g/mol. The molecule has 2 aliphatic carbocycles. The molecule has 1 aromatic rings. The largest absolute Gasteiger partial charge is 0.373 e. The van der Waals surface area contributed by atoms with Gasteiger partial charge in [0.2, 0.25) is 0 Å². The normalized spacial score (nSPS) is 17.1. The average molecular weight is 497 g/mol. The Balaban J connectivity index is 2.03. The monoisotopic (exact) mass is 496 g/mol. The fourth-order valence-electron chi connectivity index (χ4n) is 5.42. The van der Waals surface area contributed by atoms with Crippen molar-refractivity contribution in [2.75, 3.05) is 0 Å². The number of ether oxygens (including phenoxy) is 1. The summed E-state index contributed by atoms with van der Waals surface area (Å²) in [6.45, 7) is 15.6. The van der Waals surface area contributed by atoms with Crippen LogP contribution in [-0.4, -0.2) is 23.5 Å². The van der Waals surface area contributed by atoms with E-state index in [1.165, 1.54) is 0 Å². The predicted octanol–water partition coefficient (Wildman–Crippen LogP) is 8.39. The Morgan fingerprint density at radius 3 is 1.81 bits per heavy atom. The number of ketones is 3. The van der Waals surface area contributed by atoms with E-state index in [9.17, 15) is 14.4 Å². The van der Waals surface area contributed by atoms with Gasteiger partial charge < -0.3 is 4.74 Å². The molecule has 36 heavy (non-hydrogen) atoms. The van der Waals surface area contributed by atoms with Crippen molar-refractivity contribution in [1.29, 1.82) is 0 Å². The zero-order valence-electron chi connectivity index (χ0n) is 23.8. The van der Waals surface area contributed by atoms with E-state index < -0.39 is 0 Å². The third-order valence-corrected chi connectivity index (χ3v) is 7.67. The van der Waals surface area contributed by atoms with Crippen LogP contribution in [0.25, 0.3) is 0 Å². The molecule has 2 fully saturated rings. The molecule has 4 heteroatoms. The van der Waals surface area contributed by atoms with Gasteiger partial charge in [0.25, 0.3) is 0 Å². The fraction of sp³-hybridized carbons (Fsp3) is 0.719. The predicted molar refractivity (Wildman–Crippen MR) is 146 cm³/mol. The Kier molecular flexibility index (Phi) is 9.36. The summed E-state index contributed by atoms with van der Waals surface area (Å²) in [5.41, 5.74) is 2.32. The first-order valence-corrected chi connectivity index (χ1v) is 14.2. The first-order chi connectivity index (χ1) is 16.8. The second kappa shape index (κ2) is 11.7. The van der Waals surface area contributed by atoms with E-state index in [1.807, 2.05) is 19.1 Å². The molecule has 0 unspecified atom stereocenters. The van der Waals surface area contributed by atoms with Gasteiger partial charge in [-0.05, 0) is 61.3 Å². The SMILES string of the molecule is CCCC(=O)c1c(C(=O)C2CCC2)ccc(COC(CC(C)(C)C)CC(C)(C)C)c1C(=O)C1CCC1. The molecule has 200 valence electrons. The van der Waals surface area contributed by atoms with E-state index in [1.54, 1.807) is 0 Å². The number of rotatable bonds is 12. The molecule has 2 saturated carbocycles. The maximum atomic E-state index is 13.8. The summed E-state index contributed by atoms with van der Waals surface area (Å²) in [6.07, 6.45) is 8.46. The molecular formula is C32H48O4. The van der Waals surface area contributed by atoms with Crippen molar-refractivity contribution in [3.8, 4) is 0 Å². The maximum Gasteiger partial charge on any atom is 0.167 e. The van der Waals surface area contributed by atoms with E-state index in [0.29, 0.717) is 29.5 Å². The molecule has 0 atom stereocenters. The minimum absolute atomic E-state index is 0.0186. The summed E-state index contributed by atoms with van der Waals surface area (Å²) < 4.78 is 6.53. The third-order valence-electron chi connectivity index (χ3n) is 7.67. The van der Waals surface area contributed by atoms with Crippen LogP contribution in [-0.2, 0) is 11.3 Å². The smallest absolute Gasteiger partial charge is 0.167 e. The lowest BCUT2D eigenvalue weighted by Gasteiger charge is -2.32. The first kappa shape index (κ1) is 28.8. The summed E-state index contributed by atoms with van der Waals surface area (Å²) >= 11 is 0. The molecule has 0 spiro atoms. The van der Waals surface area contributed by atoms with Gasteiger partial charge in [0.05, 0.1) is 12.7 Å². The van der Waals surface area contributed by atoms with Gasteiger partial charge >= 0.3 is 0 Å². The molecule has 0 aromatic heterocycles. The molecule has 4 nitrogen and oxygen atoms in total. The number of hydrogen-bond acceptors (Lipinski definition) is 4. The highest BCUT2D eigenvalue weighted by molar-refractivity contribution is 6.17. The second-order valence-electron chi connectivity index (χ2n) is 13.6. The highest BCUT2D eigenvalue weighted by Gasteiger charge is 2.36. The molecule has 0 aliphatic heterocycles. The lowest BCUT2D eigenvalue weighted by molar-refractivity contribution is -0.00931. The van der Waals surface area contributed by atoms with Crippen molar-refractivity contribution >= 4 is 17.3 Å². The van der Waals surface area contributed by atoms with Crippen molar-refractivity contribution in [1.82, 2.24) is 0 Å². The number of hydrogen-bond donors (Lipinski definition) is 0. The highest BCUT2D eigenvalue weighted by atomic mass is 16.5.